The van der Waals surface area contributed by atoms with Crippen molar-refractivity contribution in [2.75, 3.05) is 53.3 Å². The highest BCUT2D eigenvalue weighted by molar-refractivity contribution is 8.00. The van der Waals surface area contributed by atoms with E-state index in [9.17, 15) is 33.6 Å². The number of ketones is 3. The molecule has 0 saturated carbocycles. The van der Waals surface area contributed by atoms with Crippen LogP contribution in [0.3, 0.4) is 0 Å². The van der Waals surface area contributed by atoms with Crippen LogP contribution in [0.1, 0.15) is 106 Å². The number of fused-ring (bicyclic) bond motifs is 4. The van der Waals surface area contributed by atoms with Crippen molar-refractivity contribution in [3.63, 3.8) is 0 Å². The molecule has 3 aliphatic rings. The second-order valence-electron chi connectivity index (χ2n) is 16.6. The van der Waals surface area contributed by atoms with Crippen molar-refractivity contribution in [2.45, 2.75) is 77.4 Å². The third-order valence-corrected chi connectivity index (χ3v) is 15.0. The van der Waals surface area contributed by atoms with Crippen LogP contribution < -0.4 is 25.0 Å². The summed E-state index contributed by atoms with van der Waals surface area (Å²) in [5.74, 6) is 4.35. The zero-order chi connectivity index (χ0) is 48.1. The van der Waals surface area contributed by atoms with Crippen molar-refractivity contribution in [1.29, 1.82) is 0 Å². The summed E-state index contributed by atoms with van der Waals surface area (Å²) in [5.41, 5.74) is 7.54. The number of H-pyrrole nitrogens is 1. The smallest absolute Gasteiger partial charge is 0.315 e. The van der Waals surface area contributed by atoms with Crippen LogP contribution >= 0.6 is 46.6 Å². The first-order chi connectivity index (χ1) is 32.2. The number of aromatic nitrogens is 1. The maximum Gasteiger partial charge on any atom is 0.315 e. The number of thioether (sulfide) groups is 3. The van der Waals surface area contributed by atoms with Gasteiger partial charge in [0.05, 0.1) is 52.2 Å². The van der Waals surface area contributed by atoms with Crippen molar-refractivity contribution in [1.82, 2.24) is 4.98 Å². The number of thiazole rings is 1. The van der Waals surface area contributed by atoms with E-state index in [0.29, 0.717) is 29.1 Å². The number of unbranched alkanes of at least 4 members (excludes halogenated alkanes) is 4. The fourth-order valence-corrected chi connectivity index (χ4v) is 10.6. The Morgan fingerprint density at radius 3 is 2.24 bits per heavy atom. The van der Waals surface area contributed by atoms with Crippen LogP contribution in [0.15, 0.2) is 71.5 Å². The molecule has 3 N–H and O–H groups in total. The lowest BCUT2D eigenvalue weighted by Gasteiger charge is -2.15. The van der Waals surface area contributed by atoms with E-state index in [4.69, 9.17) is 9.47 Å². The minimum atomic E-state index is -0.634. The topological polar surface area (TPSA) is 187 Å². The van der Waals surface area contributed by atoms with E-state index in [1.54, 1.807) is 59.9 Å². The highest BCUT2D eigenvalue weighted by atomic mass is 32.2. The number of carbonyl (C=O) groups excluding carboxylic acids is 6. The van der Waals surface area contributed by atoms with Gasteiger partial charge in [0.1, 0.15) is 0 Å². The van der Waals surface area contributed by atoms with Crippen molar-refractivity contribution in [2.24, 2.45) is 0 Å². The first kappa shape index (κ1) is 51.0. The van der Waals surface area contributed by atoms with Crippen molar-refractivity contribution in [3.05, 3.63) is 115 Å². The minimum Gasteiger partial charge on any atom is -0.468 e. The van der Waals surface area contributed by atoms with Gasteiger partial charge in [-0.25, -0.2) is 0 Å². The highest BCUT2D eigenvalue weighted by Crippen LogP contribution is 2.38. The lowest BCUT2D eigenvalue weighted by molar-refractivity contribution is -0.137. The predicted molar refractivity (Wildman–Crippen MR) is 271 cm³/mol. The van der Waals surface area contributed by atoms with Gasteiger partial charge in [0.25, 0.3) is 0 Å². The van der Waals surface area contributed by atoms with Gasteiger partial charge in [0.2, 0.25) is 18.6 Å². The van der Waals surface area contributed by atoms with E-state index < -0.39 is 5.41 Å². The van der Waals surface area contributed by atoms with Gasteiger partial charge in [-0.1, -0.05) is 50.0 Å². The fourth-order valence-electron chi connectivity index (χ4n) is 7.34. The van der Waals surface area contributed by atoms with Crippen LogP contribution in [-0.2, 0) is 36.7 Å². The maximum absolute atomic E-state index is 12.4. The predicted octanol–water partition coefficient (Wildman–Crippen LogP) is 9.82. The summed E-state index contributed by atoms with van der Waals surface area (Å²) in [4.78, 5) is 85.0. The molecule has 0 atom stereocenters. The summed E-state index contributed by atoms with van der Waals surface area (Å²) in [7, 11) is 1.32. The molecule has 13 nitrogen and oxygen atoms in total. The summed E-state index contributed by atoms with van der Waals surface area (Å²) in [6, 6.07) is 20.2. The second kappa shape index (κ2) is 24.1. The standard InChI is InChI=1S/C18H25NO2S.C17H13NO4S2.C15H17NO4S/c1-3-4-5-6-7-8-22-12-17(20)15-10-14-11-18(21)19-16(14)9-13(15)2;19-13(11-2-3-12-16(6-11)24-17(20)18-12)8-23-7-10-1-4-14-15(5-10)22-9-21-14;1-15(2)10-6-9(4-5-11(10)16-14(15)19)12(17)7-21-8-13(18)20-3/h9-10H,3-8,11-12H2,1-2H3,(H,19,21);1-6H,7-9H2,(H,18,20);4-6H,7-8H2,1-3H3,(H,16,19). The summed E-state index contributed by atoms with van der Waals surface area (Å²) in [5, 5.41) is 5.63. The zero-order valence-electron chi connectivity index (χ0n) is 38.3. The first-order valence-corrected chi connectivity index (χ1v) is 26.2. The molecule has 354 valence electrons. The molecule has 4 heterocycles. The highest BCUT2D eigenvalue weighted by Gasteiger charge is 2.38. The molecule has 8 rings (SSSR count). The average molecular weight is 986 g/mol. The number of aryl methyl sites for hydroxylation is 1. The van der Waals surface area contributed by atoms with Gasteiger partial charge in [0, 0.05) is 33.8 Å². The van der Waals surface area contributed by atoms with E-state index in [1.165, 1.54) is 51.0 Å². The molecule has 3 aliphatic heterocycles. The molecule has 17 heteroatoms. The van der Waals surface area contributed by atoms with Gasteiger partial charge in [-0.3, -0.25) is 33.6 Å². The molecule has 0 spiro atoms. The number of methoxy groups -OCH3 is 1. The number of Topliss-reactive ketones (excluding diaryl/α,β-unsaturated/α-hetero) is 3. The molecule has 0 fully saturated rings. The van der Waals surface area contributed by atoms with Crippen molar-refractivity contribution < 1.29 is 43.0 Å². The van der Waals surface area contributed by atoms with E-state index in [1.807, 2.05) is 51.1 Å². The minimum absolute atomic E-state index is 0.0143. The van der Waals surface area contributed by atoms with E-state index in [-0.39, 0.29) is 58.3 Å². The maximum atomic E-state index is 12.4. The summed E-state index contributed by atoms with van der Waals surface area (Å²) >= 11 is 5.61. The Hall–Kier alpha value is -5.36. The number of rotatable bonds is 19. The number of anilines is 2. The molecular formula is C50H55N3O10S4. The summed E-state index contributed by atoms with van der Waals surface area (Å²) < 4.78 is 16.0. The number of amides is 2. The Labute approximate surface area is 406 Å². The van der Waals surface area contributed by atoms with Crippen LogP contribution in [0.5, 0.6) is 11.5 Å². The molecule has 0 bridgehead atoms. The van der Waals surface area contributed by atoms with Gasteiger partial charge < -0.3 is 29.8 Å². The molecule has 67 heavy (non-hydrogen) atoms. The Kier molecular flexibility index (Phi) is 18.3. The van der Waals surface area contributed by atoms with E-state index >= 15 is 0 Å². The second-order valence-corrected chi connectivity index (χ2v) is 20.7. The molecule has 1 aromatic heterocycles. The molecule has 4 aromatic carbocycles. The summed E-state index contributed by atoms with van der Waals surface area (Å²) in [6.45, 7) is 8.07. The van der Waals surface area contributed by atoms with Gasteiger partial charge in [-0.05, 0) is 116 Å². The molecule has 2 amide bonds. The normalized spacial score (nSPS) is 13.6. The first-order valence-electron chi connectivity index (χ1n) is 22.0. The van der Waals surface area contributed by atoms with Gasteiger partial charge in [-0.15, -0.1) is 23.5 Å². The monoisotopic (exact) mass is 985 g/mol. The molecule has 0 saturated heterocycles. The quantitative estimate of drug-likeness (QED) is 0.0404. The van der Waals surface area contributed by atoms with Gasteiger partial charge in [-0.2, -0.15) is 11.8 Å². The largest absolute Gasteiger partial charge is 0.468 e. The number of benzene rings is 4. The van der Waals surface area contributed by atoms with Gasteiger partial charge in [0.15, 0.2) is 28.8 Å². The SMILES string of the molecule is CCCCCCCSCC(=O)c1cc2c(cc1C)NC(=O)C2.COC(=O)CSCC(=O)c1ccc2c(c1)C(C)(C)C(=O)N2.O=C(CSCc1ccc2c(c1)OCO2)c1ccc2[nH]c(=O)sc2c1. The molecule has 0 radical (unpaired) electrons. The third kappa shape index (κ3) is 13.9. The third-order valence-electron chi connectivity index (χ3n) is 11.2. The molecule has 0 aliphatic carbocycles. The lowest BCUT2D eigenvalue weighted by Crippen LogP contribution is -2.27. The Morgan fingerprint density at radius 2 is 1.46 bits per heavy atom. The summed E-state index contributed by atoms with van der Waals surface area (Å²) in [6.07, 6.45) is 6.72. The fraction of sp³-hybridized carbons (Fsp3) is 0.380. The van der Waals surface area contributed by atoms with Crippen molar-refractivity contribution in [3.8, 4) is 11.5 Å². The number of nitrogens with one attached hydrogen (secondary N) is 3. The zero-order valence-corrected chi connectivity index (χ0v) is 41.5. The number of esters is 1. The van der Waals surface area contributed by atoms with E-state index in [2.05, 4.69) is 27.3 Å². The average Bonchev–Trinajstić information content (AvgIpc) is 4.08. The molecule has 5 aromatic rings. The van der Waals surface area contributed by atoms with Gasteiger partial charge >= 0.3 is 10.8 Å². The van der Waals surface area contributed by atoms with Crippen LogP contribution in [-0.4, -0.2) is 82.8 Å². The lowest BCUT2D eigenvalue weighted by atomic mass is 9.85. The number of hydrogen-bond acceptors (Lipinski definition) is 14. The number of carbonyl (C=O) groups is 6. The number of aromatic amines is 1. The molecule has 0 unspecified atom stereocenters. The Morgan fingerprint density at radius 1 is 0.746 bits per heavy atom. The molecular weight excluding hydrogens is 931 g/mol. The Balaban J connectivity index is 0.000000166. The number of hydrogen-bond donors (Lipinski definition) is 3. The van der Waals surface area contributed by atoms with Crippen LogP contribution in [0.4, 0.5) is 11.4 Å². The van der Waals surface area contributed by atoms with Crippen LogP contribution in [0, 0.1) is 6.92 Å². The Bertz CT molecular complexity index is 2710. The number of ether oxygens (including phenoxy) is 3. The van der Waals surface area contributed by atoms with Crippen LogP contribution in [0.2, 0.25) is 0 Å². The van der Waals surface area contributed by atoms with Crippen LogP contribution in [0.25, 0.3) is 10.2 Å². The van der Waals surface area contributed by atoms with Crippen molar-refractivity contribution >= 4 is 103 Å². The van der Waals surface area contributed by atoms with E-state index in [0.717, 1.165) is 83.8 Å².